The maximum Gasteiger partial charge on any atom is 0.387 e. The van der Waals surface area contributed by atoms with Gasteiger partial charge in [-0.05, 0) is 55.7 Å². The van der Waals surface area contributed by atoms with Crippen LogP contribution in [0.2, 0.25) is 0 Å². The van der Waals surface area contributed by atoms with Crippen molar-refractivity contribution in [2.75, 3.05) is 13.7 Å². The molecule has 0 radical (unpaired) electrons. The molecule has 0 saturated carbocycles. The van der Waals surface area contributed by atoms with Gasteiger partial charge in [-0.25, -0.2) is 4.79 Å². The number of carbonyl (C=O) groups excluding carboxylic acids is 2. The summed E-state index contributed by atoms with van der Waals surface area (Å²) in [5, 5.41) is 8.29. The Morgan fingerprint density at radius 1 is 0.968 bits per heavy atom. The quantitative estimate of drug-likeness (QED) is 0.533. The Morgan fingerprint density at radius 2 is 1.65 bits per heavy atom. The number of benzene rings is 2. The van der Waals surface area contributed by atoms with E-state index in [1.54, 1.807) is 36.4 Å². The Balaban J connectivity index is 1.82. The molecule has 0 unspecified atom stereocenters. The number of halogens is 2. The minimum absolute atomic E-state index is 0.0402. The predicted molar refractivity (Wildman–Crippen MR) is 113 cm³/mol. The molecule has 2 aromatic carbocycles. The first-order chi connectivity index (χ1) is 14.8. The summed E-state index contributed by atoms with van der Waals surface area (Å²) in [4.78, 5) is 23.9. The minimum atomic E-state index is -2.93. The Kier molecular flexibility index (Phi) is 9.05. The number of rotatable bonds is 10. The molecule has 0 heterocycles. The summed E-state index contributed by atoms with van der Waals surface area (Å²) >= 11 is 0. The largest absolute Gasteiger partial charge is 0.493 e. The van der Waals surface area contributed by atoms with Crippen LogP contribution < -0.4 is 25.4 Å². The van der Waals surface area contributed by atoms with Crippen molar-refractivity contribution in [2.24, 2.45) is 0 Å². The molecule has 3 N–H and O–H groups in total. The molecule has 0 saturated heterocycles. The predicted octanol–water partition coefficient (Wildman–Crippen LogP) is 3.48. The molecule has 0 fully saturated rings. The van der Waals surface area contributed by atoms with Gasteiger partial charge in [-0.3, -0.25) is 4.79 Å². The molecule has 0 aliphatic rings. The molecule has 168 valence electrons. The summed E-state index contributed by atoms with van der Waals surface area (Å²) in [6.45, 7) is 1.53. The molecule has 0 bridgehead atoms. The average Bonchev–Trinajstić information content (AvgIpc) is 2.72. The molecule has 7 nitrogen and oxygen atoms in total. The number of amides is 3. The van der Waals surface area contributed by atoms with Crippen molar-refractivity contribution in [3.05, 3.63) is 59.2 Å². The van der Waals surface area contributed by atoms with Gasteiger partial charge in [0.05, 0.1) is 7.11 Å². The summed E-state index contributed by atoms with van der Waals surface area (Å²) in [5.74, 6) is -0.0707. The van der Waals surface area contributed by atoms with Crippen LogP contribution in [0.4, 0.5) is 13.6 Å². The number of methoxy groups -OCH3 is 1. The van der Waals surface area contributed by atoms with Crippen LogP contribution in [0.5, 0.6) is 11.5 Å². The van der Waals surface area contributed by atoms with Crippen molar-refractivity contribution in [2.45, 2.75) is 39.5 Å². The summed E-state index contributed by atoms with van der Waals surface area (Å²) < 4.78 is 34.3. The van der Waals surface area contributed by atoms with E-state index in [1.807, 2.05) is 13.8 Å². The van der Waals surface area contributed by atoms with Gasteiger partial charge in [-0.2, -0.15) is 8.78 Å². The van der Waals surface area contributed by atoms with Gasteiger partial charge in [0, 0.05) is 24.7 Å². The third kappa shape index (κ3) is 8.12. The van der Waals surface area contributed by atoms with E-state index in [9.17, 15) is 18.4 Å². The number of carbonyl (C=O) groups is 2. The van der Waals surface area contributed by atoms with Crippen molar-refractivity contribution in [3.63, 3.8) is 0 Å². The van der Waals surface area contributed by atoms with Crippen molar-refractivity contribution >= 4 is 11.9 Å². The molecule has 0 aliphatic carbocycles. The molecule has 0 atom stereocenters. The van der Waals surface area contributed by atoms with Crippen LogP contribution in [-0.4, -0.2) is 38.2 Å². The first kappa shape index (κ1) is 23.9. The zero-order chi connectivity index (χ0) is 22.8. The molecule has 2 rings (SSSR count). The maximum atomic E-state index is 12.4. The Hall–Kier alpha value is -3.36. The van der Waals surface area contributed by atoms with Crippen LogP contribution in [0.15, 0.2) is 42.5 Å². The van der Waals surface area contributed by atoms with E-state index in [2.05, 4.69) is 20.7 Å². The van der Waals surface area contributed by atoms with Crippen molar-refractivity contribution in [1.29, 1.82) is 0 Å². The van der Waals surface area contributed by atoms with Crippen molar-refractivity contribution < 1.29 is 27.8 Å². The normalized spacial score (nSPS) is 10.7. The van der Waals surface area contributed by atoms with Crippen molar-refractivity contribution in [1.82, 2.24) is 16.0 Å². The second-order valence-corrected chi connectivity index (χ2v) is 7.05. The first-order valence-corrected chi connectivity index (χ1v) is 9.81. The van der Waals surface area contributed by atoms with Crippen molar-refractivity contribution in [3.8, 4) is 11.5 Å². The molecule has 0 aliphatic heterocycles. The lowest BCUT2D eigenvalue weighted by Gasteiger charge is -2.12. The van der Waals surface area contributed by atoms with Crippen LogP contribution in [0.1, 0.15) is 35.3 Å². The number of hydrogen-bond acceptors (Lipinski definition) is 4. The van der Waals surface area contributed by atoms with E-state index >= 15 is 0 Å². The van der Waals surface area contributed by atoms with E-state index in [-0.39, 0.29) is 29.5 Å². The van der Waals surface area contributed by atoms with E-state index in [1.165, 1.54) is 13.2 Å². The molecule has 3 amide bonds. The molecular weight excluding hydrogens is 408 g/mol. The third-order valence-electron chi connectivity index (χ3n) is 4.23. The summed E-state index contributed by atoms with van der Waals surface area (Å²) in [6.07, 6.45) is 0.490. The fraction of sp³-hybridized carbons (Fsp3) is 0.364. The minimum Gasteiger partial charge on any atom is -0.493 e. The SMILES string of the molecule is COc1cc(CCNC(=O)c2ccc(CNC(=O)NC(C)C)cc2)ccc1OC(F)F. The molecule has 9 heteroatoms. The highest BCUT2D eigenvalue weighted by Gasteiger charge is 2.11. The fourth-order valence-electron chi connectivity index (χ4n) is 2.75. The Bertz CT molecular complexity index is 874. The smallest absolute Gasteiger partial charge is 0.387 e. The molecule has 2 aromatic rings. The lowest BCUT2D eigenvalue weighted by Crippen LogP contribution is -2.39. The molecule has 0 aromatic heterocycles. The van der Waals surface area contributed by atoms with Gasteiger partial charge in [0.25, 0.3) is 5.91 Å². The Labute approximate surface area is 180 Å². The summed E-state index contributed by atoms with van der Waals surface area (Å²) in [7, 11) is 1.37. The highest BCUT2D eigenvalue weighted by Crippen LogP contribution is 2.29. The van der Waals surface area contributed by atoms with E-state index < -0.39 is 6.61 Å². The van der Waals surface area contributed by atoms with Gasteiger partial charge in [-0.1, -0.05) is 18.2 Å². The van der Waals surface area contributed by atoms with Crippen LogP contribution >= 0.6 is 0 Å². The average molecular weight is 435 g/mol. The second kappa shape index (κ2) is 11.7. The van der Waals surface area contributed by atoms with E-state index in [0.717, 1.165) is 11.1 Å². The second-order valence-electron chi connectivity index (χ2n) is 7.05. The number of hydrogen-bond donors (Lipinski definition) is 3. The van der Waals surface area contributed by atoms with Gasteiger partial charge in [0.1, 0.15) is 0 Å². The lowest BCUT2D eigenvalue weighted by atomic mass is 10.1. The number of ether oxygens (including phenoxy) is 2. The molecule has 0 spiro atoms. The highest BCUT2D eigenvalue weighted by molar-refractivity contribution is 5.94. The van der Waals surface area contributed by atoms with Gasteiger partial charge in [0.2, 0.25) is 0 Å². The fourth-order valence-corrected chi connectivity index (χ4v) is 2.75. The monoisotopic (exact) mass is 435 g/mol. The zero-order valence-electron chi connectivity index (χ0n) is 17.7. The summed E-state index contributed by atoms with van der Waals surface area (Å²) in [6, 6.07) is 11.4. The number of urea groups is 1. The van der Waals surface area contributed by atoms with E-state index in [0.29, 0.717) is 25.1 Å². The van der Waals surface area contributed by atoms with Crippen LogP contribution in [0.25, 0.3) is 0 Å². The van der Waals surface area contributed by atoms with Gasteiger partial charge >= 0.3 is 12.6 Å². The molecular formula is C22H27F2N3O4. The first-order valence-electron chi connectivity index (χ1n) is 9.81. The van der Waals surface area contributed by atoms with Gasteiger partial charge in [0.15, 0.2) is 11.5 Å². The number of nitrogens with one attached hydrogen (secondary N) is 3. The van der Waals surface area contributed by atoms with E-state index in [4.69, 9.17) is 4.74 Å². The maximum absolute atomic E-state index is 12.4. The van der Waals surface area contributed by atoms with Gasteiger partial charge in [-0.15, -0.1) is 0 Å². The third-order valence-corrected chi connectivity index (χ3v) is 4.23. The zero-order valence-corrected chi connectivity index (χ0v) is 17.7. The van der Waals surface area contributed by atoms with Crippen LogP contribution in [0.3, 0.4) is 0 Å². The van der Waals surface area contributed by atoms with Gasteiger partial charge < -0.3 is 25.4 Å². The topological polar surface area (TPSA) is 88.7 Å². The standard InChI is InChI=1S/C22H27F2N3O4/c1-14(2)27-22(29)26-13-16-4-7-17(8-5-16)20(28)25-11-10-15-6-9-18(31-21(23)24)19(12-15)30-3/h4-9,12,14,21H,10-11,13H2,1-3H3,(H,25,28)(H2,26,27,29). The Morgan fingerprint density at radius 3 is 2.26 bits per heavy atom. The van der Waals surface area contributed by atoms with Crippen LogP contribution in [-0.2, 0) is 13.0 Å². The number of alkyl halides is 2. The van der Waals surface area contributed by atoms with Crippen LogP contribution in [0, 0.1) is 0 Å². The highest BCUT2D eigenvalue weighted by atomic mass is 19.3. The molecule has 31 heavy (non-hydrogen) atoms. The lowest BCUT2D eigenvalue weighted by molar-refractivity contribution is -0.0512. The summed E-state index contributed by atoms with van der Waals surface area (Å²) in [5.41, 5.74) is 2.17.